The van der Waals surface area contributed by atoms with E-state index in [1.807, 2.05) is 60.0 Å². The van der Waals surface area contributed by atoms with E-state index in [-0.39, 0.29) is 5.57 Å². The summed E-state index contributed by atoms with van der Waals surface area (Å²) in [6, 6.07) is 20.2. The minimum Gasteiger partial charge on any atom is -0.320 e. The molecule has 0 aliphatic carbocycles. The second kappa shape index (κ2) is 8.13. The predicted octanol–water partition coefficient (Wildman–Crippen LogP) is 5.64. The highest BCUT2D eigenvalue weighted by molar-refractivity contribution is 6.36. The second-order valence-corrected chi connectivity index (χ2v) is 6.66. The van der Waals surface area contributed by atoms with Crippen LogP contribution in [0, 0.1) is 18.3 Å². The molecule has 0 bridgehead atoms. The molecule has 134 valence electrons. The molecular weight excluding hydrogens is 381 g/mol. The minimum absolute atomic E-state index is 0.0312. The van der Waals surface area contributed by atoms with Crippen LogP contribution in [-0.4, -0.2) is 10.5 Å². The average Bonchev–Trinajstić information content (AvgIpc) is 3.02. The molecule has 0 radical (unpaired) electrons. The smallest absolute Gasteiger partial charge is 0.266 e. The maximum Gasteiger partial charge on any atom is 0.266 e. The molecular formula is C21H15Cl2N3O. The third-order valence-corrected chi connectivity index (χ3v) is 4.51. The standard InChI is InChI=1S/C21H15Cl2N3O/c1-14-7-9-18(26(14)17-5-3-2-4-6-17)11-15(13-24)21(27)25-20-10-8-16(22)12-19(20)23/h2-12H,1H3,(H,25,27)/b15-11-. The zero-order valence-electron chi connectivity index (χ0n) is 14.4. The van der Waals surface area contributed by atoms with Gasteiger partial charge in [-0.1, -0.05) is 41.4 Å². The van der Waals surface area contributed by atoms with E-state index in [9.17, 15) is 10.1 Å². The first-order valence-electron chi connectivity index (χ1n) is 8.11. The largest absolute Gasteiger partial charge is 0.320 e. The summed E-state index contributed by atoms with van der Waals surface area (Å²) >= 11 is 11.9. The number of anilines is 1. The van der Waals surface area contributed by atoms with Crippen molar-refractivity contribution in [3.63, 3.8) is 0 Å². The van der Waals surface area contributed by atoms with E-state index in [0.717, 1.165) is 17.1 Å². The van der Waals surface area contributed by atoms with Crippen molar-refractivity contribution in [1.82, 2.24) is 4.57 Å². The Morgan fingerprint density at radius 1 is 1.11 bits per heavy atom. The fraction of sp³-hybridized carbons (Fsp3) is 0.0476. The summed E-state index contributed by atoms with van der Waals surface area (Å²) in [5.74, 6) is -0.541. The number of carbonyl (C=O) groups is 1. The van der Waals surface area contributed by atoms with Crippen molar-refractivity contribution in [1.29, 1.82) is 5.26 Å². The molecule has 0 spiro atoms. The molecule has 0 aliphatic heterocycles. The number of carbonyl (C=O) groups excluding carboxylic acids is 1. The van der Waals surface area contributed by atoms with Gasteiger partial charge in [-0.25, -0.2) is 0 Å². The molecule has 1 aromatic heterocycles. The molecule has 27 heavy (non-hydrogen) atoms. The van der Waals surface area contributed by atoms with Crippen LogP contribution in [0.25, 0.3) is 11.8 Å². The topological polar surface area (TPSA) is 57.8 Å². The highest BCUT2D eigenvalue weighted by Gasteiger charge is 2.14. The number of aryl methyl sites for hydroxylation is 1. The number of nitrogens with zero attached hydrogens (tertiary/aromatic N) is 2. The lowest BCUT2D eigenvalue weighted by Gasteiger charge is -2.10. The lowest BCUT2D eigenvalue weighted by Crippen LogP contribution is -2.14. The molecule has 1 amide bonds. The fourth-order valence-electron chi connectivity index (χ4n) is 2.68. The molecule has 0 saturated heterocycles. The van der Waals surface area contributed by atoms with Gasteiger partial charge in [0.1, 0.15) is 11.6 Å². The minimum atomic E-state index is -0.541. The molecule has 3 rings (SSSR count). The number of aromatic nitrogens is 1. The number of nitrogens with one attached hydrogen (secondary N) is 1. The Labute approximate surface area is 167 Å². The van der Waals surface area contributed by atoms with Gasteiger partial charge in [0.05, 0.1) is 10.7 Å². The van der Waals surface area contributed by atoms with Gasteiger partial charge >= 0.3 is 0 Å². The normalized spacial score (nSPS) is 11.1. The van der Waals surface area contributed by atoms with Crippen LogP contribution in [0.3, 0.4) is 0 Å². The van der Waals surface area contributed by atoms with Crippen molar-refractivity contribution < 1.29 is 4.79 Å². The number of amides is 1. The van der Waals surface area contributed by atoms with Crippen LogP contribution >= 0.6 is 23.2 Å². The van der Waals surface area contributed by atoms with Gasteiger partial charge in [0.2, 0.25) is 0 Å². The van der Waals surface area contributed by atoms with Crippen LogP contribution in [0.15, 0.2) is 66.2 Å². The van der Waals surface area contributed by atoms with Crippen molar-refractivity contribution >= 4 is 40.9 Å². The molecule has 6 heteroatoms. The molecule has 3 aromatic rings. The van der Waals surface area contributed by atoms with E-state index >= 15 is 0 Å². The summed E-state index contributed by atoms with van der Waals surface area (Å²) in [6.07, 6.45) is 1.55. The second-order valence-electron chi connectivity index (χ2n) is 5.82. The van der Waals surface area contributed by atoms with Crippen LogP contribution in [0.1, 0.15) is 11.4 Å². The van der Waals surface area contributed by atoms with Gasteiger partial charge in [-0.3, -0.25) is 4.79 Å². The highest BCUT2D eigenvalue weighted by atomic mass is 35.5. The number of nitriles is 1. The van der Waals surface area contributed by atoms with Crippen molar-refractivity contribution in [2.24, 2.45) is 0 Å². The Bertz CT molecular complexity index is 1060. The van der Waals surface area contributed by atoms with E-state index in [1.54, 1.807) is 18.2 Å². The quantitative estimate of drug-likeness (QED) is 0.459. The van der Waals surface area contributed by atoms with E-state index in [2.05, 4.69) is 5.32 Å². The average molecular weight is 396 g/mol. The van der Waals surface area contributed by atoms with Gasteiger partial charge in [-0.05, 0) is 55.5 Å². The van der Waals surface area contributed by atoms with Crippen LogP contribution < -0.4 is 5.32 Å². The Kier molecular flexibility index (Phi) is 5.66. The van der Waals surface area contributed by atoms with Gasteiger partial charge in [-0.15, -0.1) is 0 Å². The summed E-state index contributed by atoms with van der Waals surface area (Å²) in [7, 11) is 0. The maximum atomic E-state index is 12.5. The van der Waals surface area contributed by atoms with Gasteiger partial charge in [0.25, 0.3) is 5.91 Å². The monoisotopic (exact) mass is 395 g/mol. The highest BCUT2D eigenvalue weighted by Crippen LogP contribution is 2.26. The molecule has 1 heterocycles. The molecule has 0 fully saturated rings. The Balaban J connectivity index is 1.94. The lowest BCUT2D eigenvalue weighted by atomic mass is 10.2. The molecule has 4 nitrogen and oxygen atoms in total. The number of benzene rings is 2. The SMILES string of the molecule is Cc1ccc(/C=C(/C#N)C(=O)Nc2ccc(Cl)cc2Cl)n1-c1ccccc1. The van der Waals surface area contributed by atoms with E-state index in [4.69, 9.17) is 23.2 Å². The van der Waals surface area contributed by atoms with Gasteiger partial charge in [0.15, 0.2) is 0 Å². The number of para-hydroxylation sites is 1. The van der Waals surface area contributed by atoms with Crippen LogP contribution in [0.4, 0.5) is 5.69 Å². The van der Waals surface area contributed by atoms with E-state index < -0.39 is 5.91 Å². The first-order valence-corrected chi connectivity index (χ1v) is 8.87. The number of hydrogen-bond donors (Lipinski definition) is 1. The molecule has 0 aliphatic rings. The molecule has 0 atom stereocenters. The number of hydrogen-bond acceptors (Lipinski definition) is 2. The zero-order valence-corrected chi connectivity index (χ0v) is 15.9. The predicted molar refractivity (Wildman–Crippen MR) is 109 cm³/mol. The maximum absolute atomic E-state index is 12.5. The number of rotatable bonds is 4. The van der Waals surface area contributed by atoms with Crippen molar-refractivity contribution in [2.75, 3.05) is 5.32 Å². The number of halogens is 2. The van der Waals surface area contributed by atoms with E-state index in [1.165, 1.54) is 6.07 Å². The molecule has 0 saturated carbocycles. The van der Waals surface area contributed by atoms with Gasteiger partial charge in [-0.2, -0.15) is 5.26 Å². The summed E-state index contributed by atoms with van der Waals surface area (Å²) in [5.41, 5.74) is 3.03. The van der Waals surface area contributed by atoms with E-state index in [0.29, 0.717) is 15.7 Å². The van der Waals surface area contributed by atoms with Gasteiger partial charge < -0.3 is 9.88 Å². The molecule has 0 unspecified atom stereocenters. The first-order chi connectivity index (χ1) is 13.0. The van der Waals surface area contributed by atoms with Crippen molar-refractivity contribution in [3.05, 3.63) is 87.7 Å². The van der Waals surface area contributed by atoms with Crippen molar-refractivity contribution in [3.8, 4) is 11.8 Å². The van der Waals surface area contributed by atoms with Crippen LogP contribution in [-0.2, 0) is 4.79 Å². The van der Waals surface area contributed by atoms with Crippen LogP contribution in [0.5, 0.6) is 0 Å². The fourth-order valence-corrected chi connectivity index (χ4v) is 3.13. The summed E-state index contributed by atoms with van der Waals surface area (Å²) in [5, 5.41) is 12.9. The summed E-state index contributed by atoms with van der Waals surface area (Å²) < 4.78 is 1.97. The summed E-state index contributed by atoms with van der Waals surface area (Å²) in [6.45, 7) is 1.96. The van der Waals surface area contributed by atoms with Crippen molar-refractivity contribution in [2.45, 2.75) is 6.92 Å². The summed E-state index contributed by atoms with van der Waals surface area (Å²) in [4.78, 5) is 12.5. The third-order valence-electron chi connectivity index (χ3n) is 3.96. The van der Waals surface area contributed by atoms with Gasteiger partial charge in [0, 0.05) is 22.1 Å². The molecule has 1 N–H and O–H groups in total. The third kappa shape index (κ3) is 4.22. The molecule has 2 aromatic carbocycles. The lowest BCUT2D eigenvalue weighted by molar-refractivity contribution is -0.112. The zero-order chi connectivity index (χ0) is 19.4. The first kappa shape index (κ1) is 18.8. The Morgan fingerprint density at radius 3 is 2.52 bits per heavy atom. The Morgan fingerprint density at radius 2 is 1.85 bits per heavy atom. The van der Waals surface area contributed by atoms with Crippen LogP contribution in [0.2, 0.25) is 10.0 Å². The Hall–Kier alpha value is -3.00.